The average Bonchev–Trinajstić information content (AvgIpc) is 2.74. The van der Waals surface area contributed by atoms with E-state index in [-0.39, 0.29) is 24.5 Å². The molecule has 0 bridgehead atoms. The molecule has 10 heteroatoms. The molecule has 2 heterocycles. The summed E-state index contributed by atoms with van der Waals surface area (Å²) < 4.78 is 10.0. The lowest BCUT2D eigenvalue weighted by atomic mass is 10.1. The fourth-order valence-electron chi connectivity index (χ4n) is 3.08. The van der Waals surface area contributed by atoms with Gasteiger partial charge in [-0.1, -0.05) is 18.2 Å². The van der Waals surface area contributed by atoms with E-state index >= 15 is 0 Å². The zero-order valence-electron chi connectivity index (χ0n) is 16.1. The Labute approximate surface area is 166 Å². The Morgan fingerprint density at radius 2 is 1.69 bits per heavy atom. The van der Waals surface area contributed by atoms with Crippen molar-refractivity contribution in [2.45, 2.75) is 13.3 Å². The number of amides is 2. The number of piperazine rings is 1. The second-order valence-corrected chi connectivity index (χ2v) is 6.45. The Bertz CT molecular complexity index is 965. The summed E-state index contributed by atoms with van der Waals surface area (Å²) >= 11 is 0. The molecule has 2 amide bonds. The monoisotopic (exact) mass is 402 g/mol. The van der Waals surface area contributed by atoms with Crippen LogP contribution in [-0.2, 0) is 25.5 Å². The Balaban J connectivity index is 1.50. The van der Waals surface area contributed by atoms with Crippen LogP contribution in [0.15, 0.2) is 29.1 Å². The zero-order chi connectivity index (χ0) is 20.8. The third-order valence-corrected chi connectivity index (χ3v) is 4.60. The van der Waals surface area contributed by atoms with E-state index in [1.165, 1.54) is 9.80 Å². The first-order valence-electron chi connectivity index (χ1n) is 9.31. The van der Waals surface area contributed by atoms with E-state index < -0.39 is 12.1 Å². The molecule has 29 heavy (non-hydrogen) atoms. The van der Waals surface area contributed by atoms with Crippen LogP contribution in [0.1, 0.15) is 12.6 Å². The summed E-state index contributed by atoms with van der Waals surface area (Å²) in [5, 5.41) is 7.27. The minimum absolute atomic E-state index is 0.165. The van der Waals surface area contributed by atoms with Crippen molar-refractivity contribution in [2.75, 3.05) is 39.4 Å². The highest BCUT2D eigenvalue weighted by atomic mass is 16.6. The molecule has 1 aliphatic heterocycles. The third kappa shape index (κ3) is 4.89. The van der Waals surface area contributed by atoms with Crippen molar-refractivity contribution in [3.05, 3.63) is 40.3 Å². The second-order valence-electron chi connectivity index (χ2n) is 6.45. The highest BCUT2D eigenvalue weighted by molar-refractivity contribution is 5.87. The molecular formula is C19H22N4O6. The zero-order valence-corrected chi connectivity index (χ0v) is 16.1. The molecule has 1 aromatic carbocycles. The summed E-state index contributed by atoms with van der Waals surface area (Å²) in [4.78, 5) is 51.0. The topological polar surface area (TPSA) is 122 Å². The summed E-state index contributed by atoms with van der Waals surface area (Å²) in [5.74, 6) is -0.950. The molecule has 1 aliphatic rings. The van der Waals surface area contributed by atoms with Crippen molar-refractivity contribution in [3.8, 4) is 0 Å². The van der Waals surface area contributed by atoms with Crippen LogP contribution in [0, 0.1) is 0 Å². The SMILES string of the molecule is CCOC(=O)N1CCN(C(=O)COC(=O)Cc2n[nH]c(=O)c3ccccc23)CC1. The number of aromatic nitrogens is 2. The van der Waals surface area contributed by atoms with Gasteiger partial charge in [0.2, 0.25) is 0 Å². The van der Waals surface area contributed by atoms with Crippen molar-refractivity contribution in [1.82, 2.24) is 20.0 Å². The number of H-pyrrole nitrogens is 1. The number of ether oxygens (including phenoxy) is 2. The Kier molecular flexibility index (Phi) is 6.43. The van der Waals surface area contributed by atoms with Gasteiger partial charge in [0.15, 0.2) is 6.61 Å². The number of carbonyl (C=O) groups excluding carboxylic acids is 3. The van der Waals surface area contributed by atoms with Crippen LogP contribution in [-0.4, -0.2) is 77.4 Å². The van der Waals surface area contributed by atoms with Gasteiger partial charge in [-0.2, -0.15) is 5.10 Å². The molecule has 1 saturated heterocycles. The van der Waals surface area contributed by atoms with Crippen LogP contribution < -0.4 is 5.56 Å². The van der Waals surface area contributed by atoms with Crippen LogP contribution >= 0.6 is 0 Å². The van der Waals surface area contributed by atoms with Gasteiger partial charge in [-0.3, -0.25) is 14.4 Å². The lowest BCUT2D eigenvalue weighted by Gasteiger charge is -2.33. The minimum atomic E-state index is -0.617. The lowest BCUT2D eigenvalue weighted by Crippen LogP contribution is -2.51. The Morgan fingerprint density at radius 1 is 1.03 bits per heavy atom. The van der Waals surface area contributed by atoms with Crippen molar-refractivity contribution < 1.29 is 23.9 Å². The van der Waals surface area contributed by atoms with E-state index in [0.717, 1.165) is 0 Å². The van der Waals surface area contributed by atoms with Crippen molar-refractivity contribution in [3.63, 3.8) is 0 Å². The molecule has 0 aliphatic carbocycles. The van der Waals surface area contributed by atoms with Crippen molar-refractivity contribution in [1.29, 1.82) is 0 Å². The highest BCUT2D eigenvalue weighted by Gasteiger charge is 2.25. The maximum Gasteiger partial charge on any atom is 0.409 e. The van der Waals surface area contributed by atoms with Crippen LogP contribution in [0.5, 0.6) is 0 Å². The van der Waals surface area contributed by atoms with Gasteiger partial charge in [0.1, 0.15) is 0 Å². The number of benzene rings is 1. The van der Waals surface area contributed by atoms with E-state index in [4.69, 9.17) is 9.47 Å². The molecule has 0 unspecified atom stereocenters. The minimum Gasteiger partial charge on any atom is -0.455 e. The van der Waals surface area contributed by atoms with Gasteiger partial charge in [-0.15, -0.1) is 0 Å². The third-order valence-electron chi connectivity index (χ3n) is 4.60. The first kappa shape index (κ1) is 20.3. The van der Waals surface area contributed by atoms with E-state index in [9.17, 15) is 19.2 Å². The van der Waals surface area contributed by atoms with Gasteiger partial charge < -0.3 is 19.3 Å². The van der Waals surface area contributed by atoms with Gasteiger partial charge in [-0.25, -0.2) is 9.89 Å². The first-order chi connectivity index (χ1) is 14.0. The Morgan fingerprint density at radius 3 is 2.38 bits per heavy atom. The normalized spacial score (nSPS) is 14.0. The molecule has 0 saturated carbocycles. The molecule has 10 nitrogen and oxygen atoms in total. The number of nitrogens with one attached hydrogen (secondary N) is 1. The quantitative estimate of drug-likeness (QED) is 0.714. The van der Waals surface area contributed by atoms with Gasteiger partial charge in [0, 0.05) is 31.6 Å². The molecular weight excluding hydrogens is 380 g/mol. The van der Waals surface area contributed by atoms with E-state index in [1.54, 1.807) is 31.2 Å². The first-order valence-corrected chi connectivity index (χ1v) is 9.31. The molecule has 0 spiro atoms. The maximum absolute atomic E-state index is 12.3. The fourth-order valence-corrected chi connectivity index (χ4v) is 3.08. The number of nitrogens with zero attached hydrogens (tertiary/aromatic N) is 3. The number of hydrogen-bond acceptors (Lipinski definition) is 7. The van der Waals surface area contributed by atoms with Crippen LogP contribution in [0.4, 0.5) is 4.79 Å². The molecule has 1 aromatic heterocycles. The highest BCUT2D eigenvalue weighted by Crippen LogP contribution is 2.13. The molecule has 2 aromatic rings. The molecule has 1 fully saturated rings. The van der Waals surface area contributed by atoms with Gasteiger partial charge in [-0.05, 0) is 13.0 Å². The number of aromatic amines is 1. The summed E-state index contributed by atoms with van der Waals surface area (Å²) in [5.41, 5.74) is 0.0376. The number of hydrogen-bond donors (Lipinski definition) is 1. The fraction of sp³-hybridized carbons (Fsp3) is 0.421. The number of fused-ring (bicyclic) bond motifs is 1. The summed E-state index contributed by atoms with van der Waals surface area (Å²) in [6.07, 6.45) is -0.562. The predicted molar refractivity (Wildman–Crippen MR) is 102 cm³/mol. The van der Waals surface area contributed by atoms with Crippen molar-refractivity contribution >= 4 is 28.7 Å². The second kappa shape index (κ2) is 9.18. The van der Waals surface area contributed by atoms with Crippen LogP contribution in [0.2, 0.25) is 0 Å². The van der Waals surface area contributed by atoms with Crippen LogP contribution in [0.25, 0.3) is 10.8 Å². The summed E-state index contributed by atoms with van der Waals surface area (Å²) in [7, 11) is 0. The van der Waals surface area contributed by atoms with Crippen LogP contribution in [0.3, 0.4) is 0 Å². The van der Waals surface area contributed by atoms with Gasteiger partial charge in [0.25, 0.3) is 11.5 Å². The molecule has 1 N–H and O–H groups in total. The molecule has 154 valence electrons. The number of carbonyl (C=O) groups is 3. The molecule has 3 rings (SSSR count). The van der Waals surface area contributed by atoms with Gasteiger partial charge >= 0.3 is 12.1 Å². The standard InChI is InChI=1S/C19H22N4O6/c1-2-28-19(27)23-9-7-22(8-10-23)16(24)12-29-17(25)11-15-13-5-3-4-6-14(13)18(26)21-20-15/h3-6H,2,7-12H2,1H3,(H,21,26). The van der Waals surface area contributed by atoms with E-state index in [2.05, 4.69) is 10.2 Å². The smallest absolute Gasteiger partial charge is 0.409 e. The predicted octanol–water partition coefficient (Wildman–Crippen LogP) is 0.310. The van der Waals surface area contributed by atoms with E-state index in [0.29, 0.717) is 49.3 Å². The lowest BCUT2D eigenvalue weighted by molar-refractivity contribution is -0.152. The van der Waals surface area contributed by atoms with E-state index in [1.807, 2.05) is 0 Å². The maximum atomic E-state index is 12.3. The van der Waals surface area contributed by atoms with Gasteiger partial charge in [0.05, 0.1) is 24.1 Å². The summed E-state index contributed by atoms with van der Waals surface area (Å²) in [6.45, 7) is 3.07. The Hall–Kier alpha value is -3.43. The average molecular weight is 402 g/mol. The molecule has 0 atom stereocenters. The largest absolute Gasteiger partial charge is 0.455 e. The summed E-state index contributed by atoms with van der Waals surface area (Å²) in [6, 6.07) is 6.82. The molecule has 0 radical (unpaired) electrons. The number of esters is 1. The number of rotatable bonds is 5. The van der Waals surface area contributed by atoms with Crippen molar-refractivity contribution in [2.24, 2.45) is 0 Å².